The third kappa shape index (κ3) is 2.66. The summed E-state index contributed by atoms with van der Waals surface area (Å²) in [6.45, 7) is 0. The Balaban J connectivity index is 1.88. The van der Waals surface area contributed by atoms with Gasteiger partial charge in [0.2, 0.25) is 0 Å². The van der Waals surface area contributed by atoms with Gasteiger partial charge in [0.15, 0.2) is 0 Å². The molecule has 3 nitrogen and oxygen atoms in total. The van der Waals surface area contributed by atoms with E-state index < -0.39 is 0 Å². The molecule has 3 rings (SSSR count). The summed E-state index contributed by atoms with van der Waals surface area (Å²) in [5, 5.41) is 3.45. The standard InChI is InChI=1S/C17H18FNO2/c1-20-13-6-3-11-4-7-15(14(11)10-13)19-16-8-5-12(18)9-17(16)21-2/h3,5-6,8-10,15,19H,4,7H2,1-2H3. The number of rotatable bonds is 4. The second kappa shape index (κ2) is 5.64. The first-order chi connectivity index (χ1) is 10.2. The molecule has 0 spiro atoms. The highest BCUT2D eigenvalue weighted by molar-refractivity contribution is 5.59. The van der Waals surface area contributed by atoms with Gasteiger partial charge in [0, 0.05) is 6.07 Å². The highest BCUT2D eigenvalue weighted by atomic mass is 19.1. The van der Waals surface area contributed by atoms with Gasteiger partial charge in [-0.3, -0.25) is 0 Å². The van der Waals surface area contributed by atoms with E-state index in [0.29, 0.717) is 5.75 Å². The molecule has 2 aromatic carbocycles. The van der Waals surface area contributed by atoms with E-state index >= 15 is 0 Å². The first kappa shape index (κ1) is 13.7. The summed E-state index contributed by atoms with van der Waals surface area (Å²) in [6, 6.07) is 10.9. The number of halogens is 1. The smallest absolute Gasteiger partial charge is 0.144 e. The van der Waals surface area contributed by atoms with Crippen LogP contribution in [0.3, 0.4) is 0 Å². The van der Waals surface area contributed by atoms with Gasteiger partial charge in [-0.15, -0.1) is 0 Å². The maximum atomic E-state index is 13.3. The molecule has 1 aliphatic rings. The second-order valence-corrected chi connectivity index (χ2v) is 5.14. The van der Waals surface area contributed by atoms with Gasteiger partial charge >= 0.3 is 0 Å². The van der Waals surface area contributed by atoms with E-state index in [2.05, 4.69) is 17.4 Å². The van der Waals surface area contributed by atoms with Crippen molar-refractivity contribution >= 4 is 5.69 Å². The lowest BCUT2D eigenvalue weighted by Gasteiger charge is -2.18. The minimum atomic E-state index is -0.300. The van der Waals surface area contributed by atoms with Crippen LogP contribution in [0.15, 0.2) is 36.4 Å². The SMILES string of the molecule is COc1ccc2c(c1)C(Nc1ccc(F)cc1OC)CC2. The summed E-state index contributed by atoms with van der Waals surface area (Å²) in [6.07, 6.45) is 2.03. The molecular weight excluding hydrogens is 269 g/mol. The van der Waals surface area contributed by atoms with E-state index in [1.807, 2.05) is 6.07 Å². The van der Waals surface area contributed by atoms with Crippen molar-refractivity contribution in [2.75, 3.05) is 19.5 Å². The topological polar surface area (TPSA) is 30.5 Å². The molecule has 2 aromatic rings. The predicted octanol–water partition coefficient (Wildman–Crippen LogP) is 3.94. The van der Waals surface area contributed by atoms with Crippen molar-refractivity contribution in [1.29, 1.82) is 0 Å². The van der Waals surface area contributed by atoms with Crippen molar-refractivity contribution in [3.63, 3.8) is 0 Å². The van der Waals surface area contributed by atoms with Crippen molar-refractivity contribution < 1.29 is 13.9 Å². The van der Waals surface area contributed by atoms with E-state index in [0.717, 1.165) is 24.3 Å². The molecule has 21 heavy (non-hydrogen) atoms. The van der Waals surface area contributed by atoms with Crippen LogP contribution in [-0.2, 0) is 6.42 Å². The Kier molecular flexibility index (Phi) is 3.69. The van der Waals surface area contributed by atoms with Crippen molar-refractivity contribution in [2.24, 2.45) is 0 Å². The molecule has 1 unspecified atom stereocenters. The molecule has 0 saturated carbocycles. The summed E-state index contributed by atoms with van der Waals surface area (Å²) in [4.78, 5) is 0. The maximum Gasteiger partial charge on any atom is 0.144 e. The van der Waals surface area contributed by atoms with E-state index in [4.69, 9.17) is 9.47 Å². The molecule has 0 heterocycles. The highest BCUT2D eigenvalue weighted by Crippen LogP contribution is 2.38. The highest BCUT2D eigenvalue weighted by Gasteiger charge is 2.23. The molecule has 0 bridgehead atoms. The van der Waals surface area contributed by atoms with Crippen LogP contribution in [0.5, 0.6) is 11.5 Å². The van der Waals surface area contributed by atoms with E-state index in [1.165, 1.54) is 23.3 Å². The van der Waals surface area contributed by atoms with Gasteiger partial charge in [-0.25, -0.2) is 4.39 Å². The second-order valence-electron chi connectivity index (χ2n) is 5.14. The molecule has 0 fully saturated rings. The molecule has 1 N–H and O–H groups in total. The Bertz CT molecular complexity index is 657. The van der Waals surface area contributed by atoms with Crippen LogP contribution in [0.25, 0.3) is 0 Å². The maximum absolute atomic E-state index is 13.3. The lowest BCUT2D eigenvalue weighted by Crippen LogP contribution is -2.08. The van der Waals surface area contributed by atoms with Crippen LogP contribution >= 0.6 is 0 Å². The third-order valence-electron chi connectivity index (χ3n) is 3.92. The number of nitrogens with one attached hydrogen (secondary N) is 1. The van der Waals surface area contributed by atoms with E-state index in [1.54, 1.807) is 20.3 Å². The van der Waals surface area contributed by atoms with Crippen LogP contribution in [0, 0.1) is 5.82 Å². The lowest BCUT2D eigenvalue weighted by atomic mass is 10.1. The Morgan fingerprint density at radius 1 is 1.10 bits per heavy atom. The fraction of sp³-hybridized carbons (Fsp3) is 0.294. The zero-order chi connectivity index (χ0) is 14.8. The molecule has 1 atom stereocenters. The number of anilines is 1. The Hall–Kier alpha value is -2.23. The normalized spacial score (nSPS) is 16.4. The monoisotopic (exact) mass is 287 g/mol. The third-order valence-corrected chi connectivity index (χ3v) is 3.92. The van der Waals surface area contributed by atoms with E-state index in [9.17, 15) is 4.39 Å². The average Bonchev–Trinajstić information content (AvgIpc) is 2.91. The minimum absolute atomic E-state index is 0.189. The summed E-state index contributed by atoms with van der Waals surface area (Å²) >= 11 is 0. The number of benzene rings is 2. The van der Waals surface area contributed by atoms with Crippen LogP contribution in [0.4, 0.5) is 10.1 Å². The largest absolute Gasteiger partial charge is 0.497 e. The minimum Gasteiger partial charge on any atom is -0.497 e. The quantitative estimate of drug-likeness (QED) is 0.924. The van der Waals surface area contributed by atoms with Gasteiger partial charge in [0.1, 0.15) is 17.3 Å². The van der Waals surface area contributed by atoms with Crippen molar-refractivity contribution in [1.82, 2.24) is 0 Å². The first-order valence-corrected chi connectivity index (χ1v) is 6.98. The van der Waals surface area contributed by atoms with E-state index in [-0.39, 0.29) is 11.9 Å². The van der Waals surface area contributed by atoms with Crippen LogP contribution in [0.2, 0.25) is 0 Å². The Labute approximate surface area is 123 Å². The Morgan fingerprint density at radius 2 is 1.95 bits per heavy atom. The summed E-state index contributed by atoms with van der Waals surface area (Å²) in [7, 11) is 3.22. The molecule has 0 aromatic heterocycles. The summed E-state index contributed by atoms with van der Waals surface area (Å²) in [5.41, 5.74) is 3.37. The average molecular weight is 287 g/mol. The predicted molar refractivity (Wildman–Crippen MR) is 80.6 cm³/mol. The van der Waals surface area contributed by atoms with Crippen LogP contribution in [-0.4, -0.2) is 14.2 Å². The van der Waals surface area contributed by atoms with Gasteiger partial charge in [-0.2, -0.15) is 0 Å². The molecule has 4 heteroatoms. The fourth-order valence-electron chi connectivity index (χ4n) is 2.83. The molecule has 0 amide bonds. The van der Waals surface area contributed by atoms with Crippen LogP contribution < -0.4 is 14.8 Å². The summed E-state index contributed by atoms with van der Waals surface area (Å²) < 4.78 is 23.8. The molecule has 1 aliphatic carbocycles. The molecule has 0 aliphatic heterocycles. The van der Waals surface area contributed by atoms with Crippen molar-refractivity contribution in [3.8, 4) is 11.5 Å². The van der Waals surface area contributed by atoms with Crippen molar-refractivity contribution in [3.05, 3.63) is 53.3 Å². The van der Waals surface area contributed by atoms with Crippen molar-refractivity contribution in [2.45, 2.75) is 18.9 Å². The van der Waals surface area contributed by atoms with Gasteiger partial charge in [-0.1, -0.05) is 6.07 Å². The zero-order valence-corrected chi connectivity index (χ0v) is 12.2. The number of ether oxygens (including phenoxy) is 2. The van der Waals surface area contributed by atoms with Gasteiger partial charge < -0.3 is 14.8 Å². The number of fused-ring (bicyclic) bond motifs is 1. The molecule has 110 valence electrons. The van der Waals surface area contributed by atoms with Gasteiger partial charge in [0.05, 0.1) is 25.9 Å². The Morgan fingerprint density at radius 3 is 2.71 bits per heavy atom. The number of methoxy groups -OCH3 is 2. The number of hydrogen-bond acceptors (Lipinski definition) is 3. The van der Waals surface area contributed by atoms with Gasteiger partial charge in [-0.05, 0) is 48.2 Å². The molecular formula is C17H18FNO2. The molecule has 0 saturated heterocycles. The number of hydrogen-bond donors (Lipinski definition) is 1. The summed E-state index contributed by atoms with van der Waals surface area (Å²) in [5.74, 6) is 1.07. The first-order valence-electron chi connectivity index (χ1n) is 6.98. The lowest BCUT2D eigenvalue weighted by molar-refractivity contribution is 0.412. The number of aryl methyl sites for hydroxylation is 1. The van der Waals surface area contributed by atoms with Gasteiger partial charge in [0.25, 0.3) is 0 Å². The zero-order valence-electron chi connectivity index (χ0n) is 12.2. The van der Waals surface area contributed by atoms with Crippen LogP contribution in [0.1, 0.15) is 23.6 Å². The fourth-order valence-corrected chi connectivity index (χ4v) is 2.83. The molecule has 0 radical (unpaired) electrons.